The number of phenols is 2. The van der Waals surface area contributed by atoms with E-state index < -0.39 is 23.3 Å². The molecule has 27 heavy (non-hydrogen) atoms. The van der Waals surface area contributed by atoms with Crippen molar-refractivity contribution in [2.75, 3.05) is 5.32 Å². The molecule has 0 radical (unpaired) electrons. The van der Waals surface area contributed by atoms with Crippen LogP contribution in [0, 0.1) is 0 Å². The van der Waals surface area contributed by atoms with Gasteiger partial charge in [-0.2, -0.15) is 0 Å². The number of phenolic OH excluding ortho intramolecular Hbond substituents is 1. The van der Waals surface area contributed by atoms with Crippen LogP contribution in [-0.4, -0.2) is 22.0 Å². The molecule has 0 aliphatic carbocycles. The van der Waals surface area contributed by atoms with Gasteiger partial charge in [-0.1, -0.05) is 42.5 Å². The van der Waals surface area contributed by atoms with E-state index in [-0.39, 0.29) is 11.1 Å². The second-order valence-corrected chi connectivity index (χ2v) is 6.06. The van der Waals surface area contributed by atoms with Crippen molar-refractivity contribution in [1.82, 2.24) is 0 Å². The number of rotatable bonds is 5. The number of primary amides is 1. The maximum Gasteiger partial charge on any atom is 0.259 e. The minimum absolute atomic E-state index is 0.161. The van der Waals surface area contributed by atoms with Gasteiger partial charge in [0, 0.05) is 5.69 Å². The molecule has 0 aromatic heterocycles. The molecular formula is C21H18N2O4. The summed E-state index contributed by atoms with van der Waals surface area (Å²) in [6.45, 7) is 0. The summed E-state index contributed by atoms with van der Waals surface area (Å²) in [5, 5.41) is 22.4. The number of anilines is 1. The van der Waals surface area contributed by atoms with Gasteiger partial charge in [0.25, 0.3) is 11.8 Å². The fourth-order valence-corrected chi connectivity index (χ4v) is 2.69. The van der Waals surface area contributed by atoms with Gasteiger partial charge in [-0.3, -0.25) is 9.59 Å². The molecule has 0 aliphatic heterocycles. The van der Waals surface area contributed by atoms with Crippen molar-refractivity contribution in [2.45, 2.75) is 6.42 Å². The minimum atomic E-state index is -0.899. The van der Waals surface area contributed by atoms with Gasteiger partial charge in [0.1, 0.15) is 11.5 Å². The largest absolute Gasteiger partial charge is 0.507 e. The van der Waals surface area contributed by atoms with Crippen molar-refractivity contribution >= 4 is 17.5 Å². The molecule has 3 rings (SSSR count). The molecule has 6 heteroatoms. The van der Waals surface area contributed by atoms with Crippen molar-refractivity contribution in [1.29, 1.82) is 0 Å². The predicted molar refractivity (Wildman–Crippen MR) is 102 cm³/mol. The smallest absolute Gasteiger partial charge is 0.259 e. The van der Waals surface area contributed by atoms with Gasteiger partial charge in [-0.15, -0.1) is 0 Å². The van der Waals surface area contributed by atoms with E-state index in [4.69, 9.17) is 5.73 Å². The molecule has 0 saturated carbocycles. The highest BCUT2D eigenvalue weighted by Crippen LogP contribution is 2.27. The normalized spacial score (nSPS) is 10.4. The van der Waals surface area contributed by atoms with Crippen LogP contribution < -0.4 is 11.1 Å². The summed E-state index contributed by atoms with van der Waals surface area (Å²) in [5.74, 6) is -2.43. The molecule has 0 atom stereocenters. The van der Waals surface area contributed by atoms with Crippen LogP contribution in [0.3, 0.4) is 0 Å². The third kappa shape index (κ3) is 4.24. The highest BCUT2D eigenvalue weighted by atomic mass is 16.3. The standard InChI is InChI=1S/C21H18N2O4/c22-20(26)16-11-19(25)17(12-18(16)24)21(27)23-15-8-6-14(7-9-15)10-13-4-2-1-3-5-13/h1-9,11-12,24-25H,10H2,(H2,22,26)(H,23,27). The van der Waals surface area contributed by atoms with E-state index in [1.165, 1.54) is 5.56 Å². The van der Waals surface area contributed by atoms with Crippen LogP contribution in [0.5, 0.6) is 11.5 Å². The Bertz CT molecular complexity index is 983. The predicted octanol–water partition coefficient (Wildman–Crippen LogP) is 3.04. The third-order valence-electron chi connectivity index (χ3n) is 4.09. The second-order valence-electron chi connectivity index (χ2n) is 6.06. The van der Waals surface area contributed by atoms with Crippen LogP contribution in [0.4, 0.5) is 5.69 Å². The average Bonchev–Trinajstić information content (AvgIpc) is 2.65. The van der Waals surface area contributed by atoms with Crippen LogP contribution in [0.25, 0.3) is 0 Å². The Morgan fingerprint density at radius 3 is 2.00 bits per heavy atom. The molecule has 0 saturated heterocycles. The number of aromatic hydroxyl groups is 2. The Balaban J connectivity index is 1.73. The highest BCUT2D eigenvalue weighted by molar-refractivity contribution is 6.07. The fourth-order valence-electron chi connectivity index (χ4n) is 2.69. The van der Waals surface area contributed by atoms with Gasteiger partial charge in [-0.25, -0.2) is 0 Å². The maximum absolute atomic E-state index is 12.3. The molecule has 5 N–H and O–H groups in total. The molecule has 0 unspecified atom stereocenters. The number of nitrogens with two attached hydrogens (primary N) is 1. The van der Waals surface area contributed by atoms with Gasteiger partial charge in [0.15, 0.2) is 0 Å². The summed E-state index contributed by atoms with van der Waals surface area (Å²) in [7, 11) is 0. The Morgan fingerprint density at radius 1 is 0.815 bits per heavy atom. The van der Waals surface area contributed by atoms with E-state index in [1.807, 2.05) is 42.5 Å². The molecule has 0 heterocycles. The monoisotopic (exact) mass is 362 g/mol. The zero-order valence-corrected chi connectivity index (χ0v) is 14.3. The van der Waals surface area contributed by atoms with E-state index in [0.717, 1.165) is 24.1 Å². The molecule has 2 amide bonds. The van der Waals surface area contributed by atoms with Gasteiger partial charge in [0.05, 0.1) is 11.1 Å². The molecule has 3 aromatic carbocycles. The molecule has 0 fully saturated rings. The van der Waals surface area contributed by atoms with Gasteiger partial charge >= 0.3 is 0 Å². The molecule has 6 nitrogen and oxygen atoms in total. The molecule has 0 spiro atoms. The number of amides is 2. The first-order chi connectivity index (χ1) is 12.9. The van der Waals surface area contributed by atoms with E-state index in [2.05, 4.69) is 5.32 Å². The van der Waals surface area contributed by atoms with Gasteiger partial charge in [-0.05, 0) is 41.8 Å². The van der Waals surface area contributed by atoms with E-state index in [0.29, 0.717) is 5.69 Å². The Kier molecular flexibility index (Phi) is 5.08. The Hall–Kier alpha value is -3.80. The number of nitrogens with one attached hydrogen (secondary N) is 1. The second kappa shape index (κ2) is 7.61. The molecule has 3 aromatic rings. The zero-order chi connectivity index (χ0) is 19.4. The molecule has 0 aliphatic rings. The van der Waals surface area contributed by atoms with Crippen molar-refractivity contribution in [3.05, 3.63) is 89.0 Å². The van der Waals surface area contributed by atoms with Gasteiger partial charge in [0.2, 0.25) is 0 Å². The maximum atomic E-state index is 12.3. The lowest BCUT2D eigenvalue weighted by Gasteiger charge is -2.10. The molecule has 0 bridgehead atoms. The van der Waals surface area contributed by atoms with Crippen LogP contribution in [0.1, 0.15) is 31.8 Å². The average molecular weight is 362 g/mol. The Labute approximate surface area is 155 Å². The summed E-state index contributed by atoms with van der Waals surface area (Å²) in [6, 6.07) is 19.3. The van der Waals surface area contributed by atoms with Crippen LogP contribution in [0.15, 0.2) is 66.7 Å². The lowest BCUT2D eigenvalue weighted by molar-refractivity contribution is 0.0990. The molecule has 136 valence electrons. The lowest BCUT2D eigenvalue weighted by atomic mass is 10.0. The SMILES string of the molecule is NC(=O)c1cc(O)c(C(=O)Nc2ccc(Cc3ccccc3)cc2)cc1O. The van der Waals surface area contributed by atoms with E-state index >= 15 is 0 Å². The van der Waals surface area contributed by atoms with Crippen LogP contribution in [-0.2, 0) is 6.42 Å². The summed E-state index contributed by atoms with van der Waals surface area (Å²) in [4.78, 5) is 23.5. The van der Waals surface area contributed by atoms with Crippen molar-refractivity contribution in [3.63, 3.8) is 0 Å². The van der Waals surface area contributed by atoms with Crippen molar-refractivity contribution < 1.29 is 19.8 Å². The first kappa shape index (κ1) is 18.0. The van der Waals surface area contributed by atoms with Crippen molar-refractivity contribution in [2.24, 2.45) is 5.73 Å². The van der Waals surface area contributed by atoms with E-state index in [1.54, 1.807) is 12.1 Å². The molecular weight excluding hydrogens is 344 g/mol. The third-order valence-corrected chi connectivity index (χ3v) is 4.09. The number of hydrogen-bond acceptors (Lipinski definition) is 4. The first-order valence-corrected chi connectivity index (χ1v) is 8.24. The minimum Gasteiger partial charge on any atom is -0.507 e. The summed E-state index contributed by atoms with van der Waals surface area (Å²) < 4.78 is 0. The fraction of sp³-hybridized carbons (Fsp3) is 0.0476. The number of carbonyl (C=O) groups excluding carboxylic acids is 2. The number of carbonyl (C=O) groups is 2. The first-order valence-electron chi connectivity index (χ1n) is 8.24. The van der Waals surface area contributed by atoms with Crippen LogP contribution >= 0.6 is 0 Å². The number of benzene rings is 3. The summed E-state index contributed by atoms with van der Waals surface area (Å²) in [5.41, 5.74) is 7.49. The lowest BCUT2D eigenvalue weighted by Crippen LogP contribution is -2.15. The topological polar surface area (TPSA) is 113 Å². The van der Waals surface area contributed by atoms with Gasteiger partial charge < -0.3 is 21.3 Å². The summed E-state index contributed by atoms with van der Waals surface area (Å²) >= 11 is 0. The van der Waals surface area contributed by atoms with E-state index in [9.17, 15) is 19.8 Å². The van der Waals surface area contributed by atoms with Crippen LogP contribution in [0.2, 0.25) is 0 Å². The van der Waals surface area contributed by atoms with Crippen molar-refractivity contribution in [3.8, 4) is 11.5 Å². The quantitative estimate of drug-likeness (QED) is 0.523. The highest BCUT2D eigenvalue weighted by Gasteiger charge is 2.17. The zero-order valence-electron chi connectivity index (χ0n) is 14.3. The Morgan fingerprint density at radius 2 is 1.37 bits per heavy atom. The number of hydrogen-bond donors (Lipinski definition) is 4. The summed E-state index contributed by atoms with van der Waals surface area (Å²) in [6.07, 6.45) is 0.776.